The van der Waals surface area contributed by atoms with Gasteiger partial charge < -0.3 is 16.4 Å². The minimum Gasteiger partial charge on any atom is -0.384 e. The van der Waals surface area contributed by atoms with E-state index in [-0.39, 0.29) is 11.9 Å². The number of fused-ring (bicyclic) bond motifs is 1. The lowest BCUT2D eigenvalue weighted by molar-refractivity contribution is 0.251. The third kappa shape index (κ3) is 3.70. The Morgan fingerprint density at radius 2 is 1.67 bits per heavy atom. The first-order chi connectivity index (χ1) is 11.6. The lowest BCUT2D eigenvalue weighted by atomic mass is 10.1. The molecule has 5 nitrogen and oxygen atoms in total. The second kappa shape index (κ2) is 6.83. The van der Waals surface area contributed by atoms with Gasteiger partial charge in [0.2, 0.25) is 0 Å². The van der Waals surface area contributed by atoms with Crippen molar-refractivity contribution in [2.45, 2.75) is 6.54 Å². The standard InChI is InChI=1S/C19H18N4O/c20-18(21)16-7-6-15-11-17(9-8-14(15)10-16)23-19(24)22-12-13-4-2-1-3-5-13/h1-11H,12H2,(H3,20,21)(H2,22,23,24). The highest BCUT2D eigenvalue weighted by Crippen LogP contribution is 2.20. The Morgan fingerprint density at radius 3 is 2.42 bits per heavy atom. The minimum absolute atomic E-state index is 0.0411. The maximum Gasteiger partial charge on any atom is 0.319 e. The van der Waals surface area contributed by atoms with Gasteiger partial charge in [0.05, 0.1) is 0 Å². The first kappa shape index (κ1) is 15.6. The van der Waals surface area contributed by atoms with E-state index in [0.29, 0.717) is 17.8 Å². The van der Waals surface area contributed by atoms with Crippen molar-refractivity contribution < 1.29 is 4.79 Å². The third-order valence-electron chi connectivity index (χ3n) is 3.71. The number of hydrogen-bond donors (Lipinski definition) is 4. The number of carbonyl (C=O) groups excluding carboxylic acids is 1. The number of nitrogens with one attached hydrogen (secondary N) is 3. The van der Waals surface area contributed by atoms with E-state index in [1.807, 2.05) is 60.7 Å². The number of hydrogen-bond acceptors (Lipinski definition) is 2. The number of nitrogen functional groups attached to an aromatic ring is 1. The summed E-state index contributed by atoms with van der Waals surface area (Å²) in [7, 11) is 0. The molecule has 0 aliphatic rings. The highest BCUT2D eigenvalue weighted by atomic mass is 16.2. The van der Waals surface area contributed by atoms with E-state index in [1.54, 1.807) is 6.07 Å². The van der Waals surface area contributed by atoms with Crippen molar-refractivity contribution in [2.24, 2.45) is 5.73 Å². The van der Waals surface area contributed by atoms with Crippen LogP contribution in [0.15, 0.2) is 66.7 Å². The van der Waals surface area contributed by atoms with Gasteiger partial charge in [-0.15, -0.1) is 0 Å². The number of nitrogens with two attached hydrogens (primary N) is 1. The van der Waals surface area contributed by atoms with Gasteiger partial charge in [-0.2, -0.15) is 0 Å². The Kier molecular flexibility index (Phi) is 4.43. The van der Waals surface area contributed by atoms with E-state index in [4.69, 9.17) is 11.1 Å². The minimum atomic E-state index is -0.251. The second-order valence-corrected chi connectivity index (χ2v) is 5.48. The Morgan fingerprint density at radius 1 is 0.958 bits per heavy atom. The largest absolute Gasteiger partial charge is 0.384 e. The molecule has 5 heteroatoms. The van der Waals surface area contributed by atoms with Crippen LogP contribution in [0.5, 0.6) is 0 Å². The smallest absolute Gasteiger partial charge is 0.319 e. The van der Waals surface area contributed by atoms with Gasteiger partial charge in [-0.1, -0.05) is 48.5 Å². The van der Waals surface area contributed by atoms with Crippen LogP contribution in [-0.4, -0.2) is 11.9 Å². The van der Waals surface area contributed by atoms with Crippen molar-refractivity contribution in [3.8, 4) is 0 Å². The number of amides is 2. The quantitative estimate of drug-likeness (QED) is 0.438. The first-order valence-corrected chi connectivity index (χ1v) is 7.59. The van der Waals surface area contributed by atoms with Gasteiger partial charge in [-0.3, -0.25) is 5.41 Å². The van der Waals surface area contributed by atoms with Crippen LogP contribution in [0.4, 0.5) is 10.5 Å². The van der Waals surface area contributed by atoms with Crippen molar-refractivity contribution in [2.75, 3.05) is 5.32 Å². The molecule has 3 aromatic rings. The van der Waals surface area contributed by atoms with Crippen LogP contribution in [-0.2, 0) is 6.54 Å². The van der Waals surface area contributed by atoms with Crippen LogP contribution in [0, 0.1) is 5.41 Å². The number of rotatable bonds is 4. The van der Waals surface area contributed by atoms with E-state index in [9.17, 15) is 4.79 Å². The summed E-state index contributed by atoms with van der Waals surface area (Å²) in [6.07, 6.45) is 0. The molecule has 2 amide bonds. The van der Waals surface area contributed by atoms with Gasteiger partial charge in [0.25, 0.3) is 0 Å². The summed E-state index contributed by atoms with van der Waals surface area (Å²) in [4.78, 5) is 12.0. The zero-order chi connectivity index (χ0) is 16.9. The summed E-state index contributed by atoms with van der Waals surface area (Å²) in [6, 6.07) is 20.6. The van der Waals surface area contributed by atoms with Crippen molar-refractivity contribution >= 4 is 28.3 Å². The lowest BCUT2D eigenvalue weighted by Crippen LogP contribution is -2.28. The Labute approximate surface area is 140 Å². The van der Waals surface area contributed by atoms with Crippen molar-refractivity contribution in [3.05, 3.63) is 77.9 Å². The molecule has 0 saturated heterocycles. The van der Waals surface area contributed by atoms with Gasteiger partial charge in [0.15, 0.2) is 0 Å². The van der Waals surface area contributed by atoms with Gasteiger partial charge in [0.1, 0.15) is 5.84 Å². The maximum atomic E-state index is 12.0. The molecule has 0 fully saturated rings. The summed E-state index contributed by atoms with van der Waals surface area (Å²) in [5, 5.41) is 15.1. The lowest BCUT2D eigenvalue weighted by Gasteiger charge is -2.09. The fourth-order valence-electron chi connectivity index (χ4n) is 2.44. The molecule has 24 heavy (non-hydrogen) atoms. The molecule has 0 spiro atoms. The molecule has 0 heterocycles. The summed E-state index contributed by atoms with van der Waals surface area (Å²) < 4.78 is 0. The molecular weight excluding hydrogens is 300 g/mol. The van der Waals surface area contributed by atoms with Crippen LogP contribution in [0.2, 0.25) is 0 Å². The van der Waals surface area contributed by atoms with Crippen molar-refractivity contribution in [1.82, 2.24) is 5.32 Å². The molecule has 120 valence electrons. The number of amidine groups is 1. The molecule has 0 aliphatic heterocycles. The highest BCUT2D eigenvalue weighted by Gasteiger charge is 2.04. The summed E-state index contributed by atoms with van der Waals surface area (Å²) in [6.45, 7) is 0.474. The van der Waals surface area contributed by atoms with Crippen LogP contribution in [0.3, 0.4) is 0 Å². The molecule has 0 unspecified atom stereocenters. The Balaban J connectivity index is 1.67. The van der Waals surface area contributed by atoms with Crippen LogP contribution < -0.4 is 16.4 Å². The van der Waals surface area contributed by atoms with Crippen LogP contribution in [0.25, 0.3) is 10.8 Å². The molecule has 0 bridgehead atoms. The monoisotopic (exact) mass is 318 g/mol. The van der Waals surface area contributed by atoms with Crippen LogP contribution in [0.1, 0.15) is 11.1 Å². The summed E-state index contributed by atoms with van der Waals surface area (Å²) in [5.41, 5.74) is 7.94. The summed E-state index contributed by atoms with van der Waals surface area (Å²) >= 11 is 0. The average Bonchev–Trinajstić information content (AvgIpc) is 2.60. The Bertz CT molecular complexity index is 890. The Hall–Kier alpha value is -3.34. The van der Waals surface area contributed by atoms with Gasteiger partial charge in [-0.25, -0.2) is 4.79 Å². The van der Waals surface area contributed by atoms with Gasteiger partial charge in [-0.05, 0) is 34.5 Å². The topological polar surface area (TPSA) is 91.0 Å². The molecule has 3 aromatic carbocycles. The normalized spacial score (nSPS) is 10.3. The van der Waals surface area contributed by atoms with Crippen molar-refractivity contribution in [3.63, 3.8) is 0 Å². The van der Waals surface area contributed by atoms with E-state index in [0.717, 1.165) is 16.3 Å². The van der Waals surface area contributed by atoms with E-state index in [1.165, 1.54) is 0 Å². The third-order valence-corrected chi connectivity index (χ3v) is 3.71. The SMILES string of the molecule is N=C(N)c1ccc2cc(NC(=O)NCc3ccccc3)ccc2c1. The fourth-order valence-corrected chi connectivity index (χ4v) is 2.44. The number of carbonyl (C=O) groups is 1. The van der Waals surface area contributed by atoms with E-state index < -0.39 is 0 Å². The fraction of sp³-hybridized carbons (Fsp3) is 0.0526. The molecule has 0 aliphatic carbocycles. The number of benzene rings is 3. The molecular formula is C19H18N4O. The van der Waals surface area contributed by atoms with Gasteiger partial charge in [0, 0.05) is 17.8 Å². The molecule has 5 N–H and O–H groups in total. The molecule has 0 aromatic heterocycles. The number of urea groups is 1. The first-order valence-electron chi connectivity index (χ1n) is 7.59. The number of anilines is 1. The maximum absolute atomic E-state index is 12.0. The predicted octanol–water partition coefficient (Wildman–Crippen LogP) is 3.45. The van der Waals surface area contributed by atoms with Crippen molar-refractivity contribution in [1.29, 1.82) is 5.41 Å². The highest BCUT2D eigenvalue weighted by molar-refractivity contribution is 6.00. The zero-order valence-corrected chi connectivity index (χ0v) is 13.0. The van der Waals surface area contributed by atoms with E-state index in [2.05, 4.69) is 10.6 Å². The second-order valence-electron chi connectivity index (χ2n) is 5.48. The summed E-state index contributed by atoms with van der Waals surface area (Å²) in [5.74, 6) is 0.0411. The molecule has 0 atom stereocenters. The zero-order valence-electron chi connectivity index (χ0n) is 13.0. The predicted molar refractivity (Wildman–Crippen MR) is 97.3 cm³/mol. The molecule has 0 radical (unpaired) electrons. The average molecular weight is 318 g/mol. The molecule has 3 rings (SSSR count). The van der Waals surface area contributed by atoms with Crippen LogP contribution >= 0.6 is 0 Å². The van der Waals surface area contributed by atoms with E-state index >= 15 is 0 Å². The molecule has 0 saturated carbocycles. The van der Waals surface area contributed by atoms with Gasteiger partial charge >= 0.3 is 6.03 Å².